The van der Waals surface area contributed by atoms with Crippen LogP contribution in [0.15, 0.2) is 77.6 Å². The molecular formula is C30H33ClN4O3. The molecule has 4 rings (SSSR count). The lowest BCUT2D eigenvalue weighted by Gasteiger charge is -2.35. The molecule has 3 aromatic carbocycles. The average Bonchev–Trinajstić information content (AvgIpc) is 2.90. The first kappa shape index (κ1) is 27.5. The number of rotatable bonds is 10. The van der Waals surface area contributed by atoms with Gasteiger partial charge >= 0.3 is 0 Å². The first-order valence-electron chi connectivity index (χ1n) is 12.8. The molecule has 1 atom stereocenters. The summed E-state index contributed by atoms with van der Waals surface area (Å²) in [5.74, 6) is 0.270. The number of nitrogens with one attached hydrogen (secondary N) is 1. The summed E-state index contributed by atoms with van der Waals surface area (Å²) in [7, 11) is 0. The second-order valence-corrected chi connectivity index (χ2v) is 10.3. The summed E-state index contributed by atoms with van der Waals surface area (Å²) in [4.78, 5) is 34.6. The average molecular weight is 533 g/mol. The zero-order valence-corrected chi connectivity index (χ0v) is 22.7. The first-order valence-corrected chi connectivity index (χ1v) is 13.2. The first-order chi connectivity index (χ1) is 18.3. The number of carbonyl (C=O) groups excluding carboxylic acids is 1. The zero-order valence-electron chi connectivity index (χ0n) is 21.9. The van der Waals surface area contributed by atoms with Gasteiger partial charge in [0, 0.05) is 23.7 Å². The fourth-order valence-corrected chi connectivity index (χ4v) is 4.88. The van der Waals surface area contributed by atoms with Gasteiger partial charge in [-0.25, -0.2) is 10.5 Å². The molecule has 0 aliphatic rings. The summed E-state index contributed by atoms with van der Waals surface area (Å²) in [6.45, 7) is 7.01. The van der Waals surface area contributed by atoms with Crippen molar-refractivity contribution in [1.82, 2.24) is 19.9 Å². The van der Waals surface area contributed by atoms with Gasteiger partial charge in [0.25, 0.3) is 11.5 Å². The number of aromatic nitrogens is 2. The zero-order chi connectivity index (χ0) is 27.2. The number of fused-ring (bicyclic) bond motifs is 1. The minimum atomic E-state index is -0.512. The Balaban J connectivity index is 1.92. The van der Waals surface area contributed by atoms with Gasteiger partial charge in [-0.15, -0.1) is 0 Å². The fourth-order valence-electron chi connectivity index (χ4n) is 4.71. The van der Waals surface area contributed by atoms with Gasteiger partial charge < -0.3 is 10.1 Å². The highest BCUT2D eigenvalue weighted by molar-refractivity contribution is 6.31. The third-order valence-corrected chi connectivity index (χ3v) is 6.84. The smallest absolute Gasteiger partial charge is 0.261 e. The molecule has 1 heterocycles. The molecule has 0 spiro atoms. The van der Waals surface area contributed by atoms with Crippen LogP contribution >= 0.6 is 11.6 Å². The number of hydroxylamine groups is 1. The Morgan fingerprint density at radius 2 is 1.79 bits per heavy atom. The number of nitrogens with zero attached hydrogens (tertiary/aromatic N) is 3. The van der Waals surface area contributed by atoms with Gasteiger partial charge in [0.05, 0.1) is 23.5 Å². The van der Waals surface area contributed by atoms with E-state index in [-0.39, 0.29) is 17.4 Å². The van der Waals surface area contributed by atoms with Crippen molar-refractivity contribution in [1.29, 1.82) is 0 Å². The third-order valence-electron chi connectivity index (χ3n) is 6.61. The standard InChI is InChI=1S/C30H33ClN4O3/c1-20(2)27(34(17-7-16-32-38)29(36)23-12-10-21(3)11-13-23)28-33-26-18-24(31)14-15-25(26)30(37)35(28)19-22-8-5-4-6-9-22/h4-6,8-15,18,20,27,32,38H,7,16-17,19H2,1-3H3. The van der Waals surface area contributed by atoms with E-state index in [1.807, 2.05) is 75.4 Å². The minimum Gasteiger partial charge on any atom is -0.328 e. The molecule has 0 radical (unpaired) electrons. The summed E-state index contributed by atoms with van der Waals surface area (Å²) in [5.41, 5.74) is 5.05. The van der Waals surface area contributed by atoms with Crippen LogP contribution in [0, 0.1) is 12.8 Å². The van der Waals surface area contributed by atoms with Crippen molar-refractivity contribution in [2.24, 2.45) is 5.92 Å². The second kappa shape index (κ2) is 12.3. The van der Waals surface area contributed by atoms with Crippen LogP contribution in [0.25, 0.3) is 10.9 Å². The SMILES string of the molecule is Cc1ccc(C(=O)N(CCCNO)C(c2nc3cc(Cl)ccc3c(=O)n2Cc2ccccc2)C(C)C)cc1. The summed E-state index contributed by atoms with van der Waals surface area (Å²) in [6, 6.07) is 21.8. The molecule has 0 bridgehead atoms. The van der Waals surface area contributed by atoms with Crippen molar-refractivity contribution in [3.05, 3.63) is 111 Å². The highest BCUT2D eigenvalue weighted by Gasteiger charge is 2.32. The number of amides is 1. The van der Waals surface area contributed by atoms with Crippen molar-refractivity contribution in [3.8, 4) is 0 Å². The lowest BCUT2D eigenvalue weighted by molar-refractivity contribution is 0.0588. The van der Waals surface area contributed by atoms with E-state index in [1.165, 1.54) is 0 Å². The van der Waals surface area contributed by atoms with Crippen LogP contribution in [0.3, 0.4) is 0 Å². The molecule has 1 unspecified atom stereocenters. The molecule has 0 aliphatic carbocycles. The predicted octanol–water partition coefficient (Wildman–Crippen LogP) is 5.62. The molecule has 0 aliphatic heterocycles. The molecule has 0 saturated heterocycles. The van der Waals surface area contributed by atoms with Crippen molar-refractivity contribution < 1.29 is 10.0 Å². The minimum absolute atomic E-state index is 0.0722. The molecule has 38 heavy (non-hydrogen) atoms. The third kappa shape index (κ3) is 6.13. The van der Waals surface area contributed by atoms with Gasteiger partial charge in [-0.05, 0) is 55.2 Å². The van der Waals surface area contributed by atoms with Gasteiger partial charge in [0.2, 0.25) is 0 Å². The highest BCUT2D eigenvalue weighted by atomic mass is 35.5. The monoisotopic (exact) mass is 532 g/mol. The van der Waals surface area contributed by atoms with Crippen LogP contribution in [0.1, 0.15) is 53.6 Å². The lowest BCUT2D eigenvalue weighted by atomic mass is 9.98. The van der Waals surface area contributed by atoms with E-state index in [0.29, 0.717) is 53.4 Å². The maximum absolute atomic E-state index is 13.9. The lowest BCUT2D eigenvalue weighted by Crippen LogP contribution is -2.42. The predicted molar refractivity (Wildman–Crippen MR) is 151 cm³/mol. The molecule has 2 N–H and O–H groups in total. The summed E-state index contributed by atoms with van der Waals surface area (Å²) in [5, 5.41) is 10.2. The maximum Gasteiger partial charge on any atom is 0.261 e. The van der Waals surface area contributed by atoms with E-state index in [2.05, 4.69) is 5.48 Å². The number of benzene rings is 3. The quantitative estimate of drug-likeness (QED) is 0.204. The van der Waals surface area contributed by atoms with Crippen LogP contribution in [0.2, 0.25) is 5.02 Å². The summed E-state index contributed by atoms with van der Waals surface area (Å²) >= 11 is 6.28. The van der Waals surface area contributed by atoms with Crippen molar-refractivity contribution >= 4 is 28.4 Å². The Morgan fingerprint density at radius 3 is 2.45 bits per heavy atom. The van der Waals surface area contributed by atoms with E-state index >= 15 is 0 Å². The van der Waals surface area contributed by atoms with Gasteiger partial charge in [-0.3, -0.25) is 14.2 Å². The summed E-state index contributed by atoms with van der Waals surface area (Å²) < 4.78 is 1.68. The Labute approximate surface area is 227 Å². The van der Waals surface area contributed by atoms with Crippen molar-refractivity contribution in [2.45, 2.75) is 39.8 Å². The van der Waals surface area contributed by atoms with E-state index < -0.39 is 6.04 Å². The number of carbonyl (C=O) groups is 1. The number of aryl methyl sites for hydroxylation is 1. The number of halogens is 1. The van der Waals surface area contributed by atoms with Gasteiger partial charge in [0.1, 0.15) is 5.82 Å². The largest absolute Gasteiger partial charge is 0.328 e. The molecule has 198 valence electrons. The van der Waals surface area contributed by atoms with Gasteiger partial charge in [-0.1, -0.05) is 73.5 Å². The topological polar surface area (TPSA) is 87.5 Å². The highest BCUT2D eigenvalue weighted by Crippen LogP contribution is 2.31. The molecule has 1 aromatic heterocycles. The van der Waals surface area contributed by atoms with Crippen LogP contribution in [0.5, 0.6) is 0 Å². The molecule has 7 nitrogen and oxygen atoms in total. The Morgan fingerprint density at radius 1 is 1.08 bits per heavy atom. The molecular weight excluding hydrogens is 500 g/mol. The van der Waals surface area contributed by atoms with Crippen LogP contribution in [-0.4, -0.2) is 38.7 Å². The van der Waals surface area contributed by atoms with E-state index in [9.17, 15) is 14.8 Å². The molecule has 0 saturated carbocycles. The van der Waals surface area contributed by atoms with E-state index in [1.54, 1.807) is 27.7 Å². The maximum atomic E-state index is 13.9. The van der Waals surface area contributed by atoms with Crippen LogP contribution in [-0.2, 0) is 6.54 Å². The van der Waals surface area contributed by atoms with Crippen LogP contribution in [0.4, 0.5) is 0 Å². The molecule has 1 amide bonds. The second-order valence-electron chi connectivity index (χ2n) is 9.82. The molecule has 8 heteroatoms. The van der Waals surface area contributed by atoms with E-state index in [4.69, 9.17) is 16.6 Å². The van der Waals surface area contributed by atoms with Crippen molar-refractivity contribution in [3.63, 3.8) is 0 Å². The Kier molecular flexibility index (Phi) is 8.94. The van der Waals surface area contributed by atoms with Crippen LogP contribution < -0.4 is 11.0 Å². The van der Waals surface area contributed by atoms with E-state index in [0.717, 1.165) is 11.1 Å². The normalized spacial score (nSPS) is 12.2. The number of hydrogen-bond donors (Lipinski definition) is 2. The Bertz CT molecular complexity index is 1450. The molecule has 4 aromatic rings. The molecule has 0 fully saturated rings. The number of hydrogen-bond acceptors (Lipinski definition) is 5. The van der Waals surface area contributed by atoms with Crippen molar-refractivity contribution in [2.75, 3.05) is 13.1 Å². The fraction of sp³-hybridized carbons (Fsp3) is 0.300. The van der Waals surface area contributed by atoms with Gasteiger partial charge in [0.15, 0.2) is 0 Å². The van der Waals surface area contributed by atoms with Gasteiger partial charge in [-0.2, -0.15) is 0 Å². The summed E-state index contributed by atoms with van der Waals surface area (Å²) in [6.07, 6.45) is 0.514. The Hall–Kier alpha value is -3.52.